The summed E-state index contributed by atoms with van der Waals surface area (Å²) in [6.07, 6.45) is 0.213. The Hall–Kier alpha value is -2.86. The number of ether oxygens (including phenoxy) is 1. The summed E-state index contributed by atoms with van der Waals surface area (Å²) in [5.74, 6) is -1.24. The minimum Gasteiger partial charge on any atom is -0.425 e. The second-order valence-electron chi connectivity index (χ2n) is 7.02. The van der Waals surface area contributed by atoms with E-state index >= 15 is 0 Å². The van der Waals surface area contributed by atoms with Crippen molar-refractivity contribution in [3.05, 3.63) is 70.0 Å². The molecule has 4 nitrogen and oxygen atoms in total. The first kappa shape index (κ1) is 18.5. The van der Waals surface area contributed by atoms with E-state index in [9.17, 15) is 14.0 Å². The molecule has 6 heteroatoms. The van der Waals surface area contributed by atoms with Crippen molar-refractivity contribution in [1.29, 1.82) is 0 Å². The van der Waals surface area contributed by atoms with Crippen molar-refractivity contribution in [2.45, 2.75) is 32.6 Å². The molecule has 0 spiro atoms. The van der Waals surface area contributed by atoms with Crippen LogP contribution in [0.15, 0.2) is 41.8 Å². The third kappa shape index (κ3) is 3.47. The van der Waals surface area contributed by atoms with Crippen molar-refractivity contribution in [3.63, 3.8) is 0 Å². The van der Waals surface area contributed by atoms with Gasteiger partial charge in [-0.2, -0.15) is 0 Å². The van der Waals surface area contributed by atoms with Gasteiger partial charge >= 0.3 is 5.97 Å². The number of hydrogen-bond acceptors (Lipinski definition) is 5. The van der Waals surface area contributed by atoms with Crippen LogP contribution < -0.4 is 4.74 Å². The zero-order valence-electron chi connectivity index (χ0n) is 15.5. The van der Waals surface area contributed by atoms with Crippen molar-refractivity contribution in [1.82, 2.24) is 4.98 Å². The zero-order chi connectivity index (χ0) is 19.8. The van der Waals surface area contributed by atoms with Crippen LogP contribution in [0.4, 0.5) is 4.39 Å². The monoisotopic (exact) mass is 395 g/mol. The second kappa shape index (κ2) is 7.28. The summed E-state index contributed by atoms with van der Waals surface area (Å²) in [6, 6.07) is 10.6. The molecule has 1 heterocycles. The van der Waals surface area contributed by atoms with Crippen LogP contribution in [-0.2, 0) is 11.2 Å². The molecule has 1 aliphatic rings. The molecule has 28 heavy (non-hydrogen) atoms. The molecule has 3 aromatic rings. The summed E-state index contributed by atoms with van der Waals surface area (Å²) >= 11 is 1.46. The van der Waals surface area contributed by atoms with Crippen LogP contribution in [0.2, 0.25) is 0 Å². The number of carbonyl (C=O) groups excluding carboxylic acids is 2. The number of ketones is 1. The highest BCUT2D eigenvalue weighted by atomic mass is 32.1. The molecule has 0 saturated carbocycles. The van der Waals surface area contributed by atoms with E-state index < -0.39 is 11.8 Å². The third-order valence-corrected chi connectivity index (χ3v) is 5.76. The predicted molar refractivity (Wildman–Crippen MR) is 105 cm³/mol. The average molecular weight is 395 g/mol. The maximum Gasteiger partial charge on any atom is 0.317 e. The maximum atomic E-state index is 14.1. The summed E-state index contributed by atoms with van der Waals surface area (Å²) in [4.78, 5) is 29.1. The van der Waals surface area contributed by atoms with Crippen LogP contribution in [-0.4, -0.2) is 16.7 Å². The molecule has 0 radical (unpaired) electrons. The first-order valence-electron chi connectivity index (χ1n) is 9.00. The number of aryl methyl sites for hydroxylation is 1. The highest BCUT2D eigenvalue weighted by Gasteiger charge is 2.33. The number of Topliss-reactive ketones (excluding diaryl/α,β-unsaturated/α-hetero) is 1. The van der Waals surface area contributed by atoms with E-state index in [1.165, 1.54) is 29.0 Å². The van der Waals surface area contributed by atoms with Crippen molar-refractivity contribution in [2.24, 2.45) is 0 Å². The van der Waals surface area contributed by atoms with Gasteiger partial charge in [0, 0.05) is 22.9 Å². The van der Waals surface area contributed by atoms with Crippen molar-refractivity contribution in [3.8, 4) is 16.3 Å². The molecule has 2 aromatic carbocycles. The molecule has 0 saturated heterocycles. The molecule has 0 bridgehead atoms. The summed E-state index contributed by atoms with van der Waals surface area (Å²) < 4.78 is 19.5. The van der Waals surface area contributed by atoms with Crippen molar-refractivity contribution >= 4 is 23.1 Å². The lowest BCUT2D eigenvalue weighted by Gasteiger charge is -2.10. The van der Waals surface area contributed by atoms with Crippen LogP contribution in [0.5, 0.6) is 5.75 Å². The Bertz CT molecular complexity index is 1070. The van der Waals surface area contributed by atoms with Gasteiger partial charge in [-0.3, -0.25) is 9.59 Å². The van der Waals surface area contributed by atoms with E-state index in [2.05, 4.69) is 4.98 Å². The Morgan fingerprint density at radius 2 is 2.00 bits per heavy atom. The van der Waals surface area contributed by atoms with Crippen LogP contribution >= 0.6 is 11.3 Å². The van der Waals surface area contributed by atoms with Crippen LogP contribution in [0.25, 0.3) is 10.6 Å². The van der Waals surface area contributed by atoms with Gasteiger partial charge in [-0.25, -0.2) is 9.37 Å². The largest absolute Gasteiger partial charge is 0.425 e. The van der Waals surface area contributed by atoms with E-state index in [-0.39, 0.29) is 35.9 Å². The topological polar surface area (TPSA) is 56.3 Å². The number of nitrogens with zero attached hydrogens (tertiary/aromatic N) is 1. The Morgan fingerprint density at radius 1 is 1.25 bits per heavy atom. The van der Waals surface area contributed by atoms with Gasteiger partial charge < -0.3 is 4.74 Å². The molecule has 0 N–H and O–H groups in total. The van der Waals surface area contributed by atoms with Crippen LogP contribution in [0.3, 0.4) is 0 Å². The number of esters is 1. The molecule has 4 rings (SSSR count). The summed E-state index contributed by atoms with van der Waals surface area (Å²) in [7, 11) is 0. The number of aromatic nitrogens is 1. The number of hydrogen-bond donors (Lipinski definition) is 0. The Kier molecular flexibility index (Phi) is 4.81. The second-order valence-corrected chi connectivity index (χ2v) is 7.88. The van der Waals surface area contributed by atoms with E-state index in [0.29, 0.717) is 11.3 Å². The molecule has 1 aliphatic carbocycles. The maximum absolute atomic E-state index is 14.1. The fourth-order valence-electron chi connectivity index (χ4n) is 3.43. The van der Waals surface area contributed by atoms with Gasteiger partial charge in [0.1, 0.15) is 16.6 Å². The highest BCUT2D eigenvalue weighted by Crippen LogP contribution is 2.39. The number of thiazole rings is 1. The molecule has 0 fully saturated rings. The van der Waals surface area contributed by atoms with E-state index in [1.807, 2.05) is 36.6 Å². The van der Waals surface area contributed by atoms with E-state index in [1.54, 1.807) is 6.92 Å². The molecule has 0 aliphatic heterocycles. The zero-order valence-corrected chi connectivity index (χ0v) is 16.3. The number of carbonyl (C=O) groups is 2. The molecular weight excluding hydrogens is 377 g/mol. The first-order valence-corrected chi connectivity index (χ1v) is 9.88. The molecular formula is C22H18FNO3S. The lowest BCUT2D eigenvalue weighted by molar-refractivity contribution is -0.133. The molecule has 1 atom stereocenters. The van der Waals surface area contributed by atoms with Crippen LogP contribution in [0, 0.1) is 12.7 Å². The minimum absolute atomic E-state index is 0.0156. The fraction of sp³-hybridized carbons (Fsp3) is 0.227. The predicted octanol–water partition coefficient (Wildman–Crippen LogP) is 5.10. The SMILES string of the molecule is Cc1ccc(-c2nc(CC(=O)Oc3ccc(F)c4c3C(=O)CC4C)cs2)cc1. The number of rotatable bonds is 4. The van der Waals surface area contributed by atoms with E-state index in [4.69, 9.17) is 4.74 Å². The van der Waals surface area contributed by atoms with Gasteiger partial charge in [0.2, 0.25) is 0 Å². The molecule has 1 aromatic heterocycles. The quantitative estimate of drug-likeness (QED) is 0.456. The normalized spacial score (nSPS) is 15.5. The highest BCUT2D eigenvalue weighted by molar-refractivity contribution is 7.13. The average Bonchev–Trinajstić information content (AvgIpc) is 3.23. The smallest absolute Gasteiger partial charge is 0.317 e. The summed E-state index contributed by atoms with van der Waals surface area (Å²) in [5.41, 5.74) is 3.29. The van der Waals surface area contributed by atoms with E-state index in [0.717, 1.165) is 10.6 Å². The lowest BCUT2D eigenvalue weighted by Crippen LogP contribution is -2.13. The van der Waals surface area contributed by atoms with Gasteiger partial charge in [-0.15, -0.1) is 11.3 Å². The molecule has 0 amide bonds. The number of fused-ring (bicyclic) bond motifs is 1. The summed E-state index contributed by atoms with van der Waals surface area (Å²) in [6.45, 7) is 3.81. The van der Waals surface area contributed by atoms with Crippen molar-refractivity contribution < 1.29 is 18.7 Å². The van der Waals surface area contributed by atoms with Gasteiger partial charge in [0.05, 0.1) is 17.7 Å². The number of benzene rings is 2. The number of halogens is 1. The minimum atomic E-state index is -0.526. The Balaban J connectivity index is 1.51. The third-order valence-electron chi connectivity index (χ3n) is 4.82. The van der Waals surface area contributed by atoms with Gasteiger partial charge in [0.25, 0.3) is 0 Å². The molecule has 142 valence electrons. The summed E-state index contributed by atoms with van der Waals surface area (Å²) in [5, 5.41) is 2.65. The Morgan fingerprint density at radius 3 is 2.75 bits per heavy atom. The standard InChI is InChI=1S/C22H18FNO3S/c1-12-3-5-14(6-4-12)22-24-15(11-28-22)10-19(26)27-18-8-7-16(23)20-13(2)9-17(25)21(18)20/h3-8,11,13H,9-10H2,1-2H3. The van der Waals surface area contributed by atoms with Gasteiger partial charge in [-0.05, 0) is 25.0 Å². The van der Waals surface area contributed by atoms with Crippen LogP contribution in [0.1, 0.15) is 46.4 Å². The first-order chi connectivity index (χ1) is 13.4. The van der Waals surface area contributed by atoms with Crippen molar-refractivity contribution in [2.75, 3.05) is 0 Å². The fourth-order valence-corrected chi connectivity index (χ4v) is 4.26. The van der Waals surface area contributed by atoms with Gasteiger partial charge in [0.15, 0.2) is 5.78 Å². The molecule has 1 unspecified atom stereocenters. The lowest BCUT2D eigenvalue weighted by atomic mass is 10.0. The van der Waals surface area contributed by atoms with Gasteiger partial charge in [-0.1, -0.05) is 36.8 Å². The Labute approximate surface area is 166 Å².